The standard InChI is InChI=1S/C11H21N2/c1-3-5-8-13(9-6-4-2)10-7-12-11-13/h7,10-11H,3-6,8-9H2,1-2H3/q+1. The first-order valence-corrected chi connectivity index (χ1v) is 5.41. The SMILES string of the molecule is CCCC[N+]1(CCCC)C=CN=C1. The lowest BCUT2D eigenvalue weighted by Gasteiger charge is -2.27. The van der Waals surface area contributed by atoms with Gasteiger partial charge in [0.15, 0.2) is 6.34 Å². The first-order chi connectivity index (χ1) is 6.33. The van der Waals surface area contributed by atoms with Crippen LogP contribution in [-0.4, -0.2) is 23.9 Å². The fourth-order valence-corrected chi connectivity index (χ4v) is 1.66. The highest BCUT2D eigenvalue weighted by atomic mass is 15.4. The number of rotatable bonds is 6. The number of aliphatic imine (C=N–C) groups is 1. The van der Waals surface area contributed by atoms with Gasteiger partial charge >= 0.3 is 0 Å². The molecule has 13 heavy (non-hydrogen) atoms. The van der Waals surface area contributed by atoms with Crippen molar-refractivity contribution in [1.82, 2.24) is 0 Å². The van der Waals surface area contributed by atoms with Gasteiger partial charge < -0.3 is 0 Å². The molecule has 2 heteroatoms. The molecule has 0 saturated carbocycles. The maximum Gasteiger partial charge on any atom is 0.194 e. The molecule has 0 amide bonds. The Balaban J connectivity index is 2.44. The van der Waals surface area contributed by atoms with E-state index < -0.39 is 0 Å². The molecule has 0 fully saturated rings. The van der Waals surface area contributed by atoms with E-state index in [1.54, 1.807) is 0 Å². The van der Waals surface area contributed by atoms with Crippen molar-refractivity contribution >= 4 is 6.34 Å². The zero-order valence-corrected chi connectivity index (χ0v) is 8.87. The lowest BCUT2D eigenvalue weighted by molar-refractivity contribution is -0.780. The molecular weight excluding hydrogens is 160 g/mol. The van der Waals surface area contributed by atoms with E-state index in [0.717, 1.165) is 4.48 Å². The van der Waals surface area contributed by atoms with Crippen molar-refractivity contribution in [3.8, 4) is 0 Å². The van der Waals surface area contributed by atoms with E-state index in [9.17, 15) is 0 Å². The Morgan fingerprint density at radius 1 is 1.08 bits per heavy atom. The van der Waals surface area contributed by atoms with Crippen LogP contribution in [0.2, 0.25) is 0 Å². The predicted molar refractivity (Wildman–Crippen MR) is 57.4 cm³/mol. The fraction of sp³-hybridized carbons (Fsp3) is 0.727. The Morgan fingerprint density at radius 2 is 1.69 bits per heavy atom. The smallest absolute Gasteiger partial charge is 0.194 e. The molecule has 0 N–H and O–H groups in total. The van der Waals surface area contributed by atoms with Crippen molar-refractivity contribution in [1.29, 1.82) is 0 Å². The van der Waals surface area contributed by atoms with Crippen LogP contribution in [0.1, 0.15) is 39.5 Å². The van der Waals surface area contributed by atoms with Crippen molar-refractivity contribution in [2.24, 2.45) is 4.99 Å². The second-order valence-electron chi connectivity index (χ2n) is 3.82. The van der Waals surface area contributed by atoms with Crippen LogP contribution >= 0.6 is 0 Å². The van der Waals surface area contributed by atoms with Crippen LogP contribution in [0.4, 0.5) is 0 Å². The molecule has 0 aromatic rings. The molecule has 0 bridgehead atoms. The Kier molecular flexibility index (Phi) is 4.16. The van der Waals surface area contributed by atoms with Gasteiger partial charge in [-0.05, 0) is 12.8 Å². The molecule has 2 nitrogen and oxygen atoms in total. The van der Waals surface area contributed by atoms with Gasteiger partial charge in [-0.1, -0.05) is 26.7 Å². The van der Waals surface area contributed by atoms with E-state index in [1.807, 2.05) is 6.20 Å². The molecule has 0 saturated heterocycles. The maximum absolute atomic E-state index is 4.21. The number of unbranched alkanes of at least 4 members (excludes halogenated alkanes) is 2. The molecule has 74 valence electrons. The lowest BCUT2D eigenvalue weighted by atomic mass is 10.2. The van der Waals surface area contributed by atoms with Crippen molar-refractivity contribution in [3.63, 3.8) is 0 Å². The number of quaternary nitrogens is 1. The highest BCUT2D eigenvalue weighted by Gasteiger charge is 2.23. The molecule has 0 aliphatic carbocycles. The summed E-state index contributed by atoms with van der Waals surface area (Å²) in [6, 6.07) is 0. The zero-order chi connectivity index (χ0) is 9.57. The van der Waals surface area contributed by atoms with Crippen molar-refractivity contribution in [2.45, 2.75) is 39.5 Å². The van der Waals surface area contributed by atoms with Crippen molar-refractivity contribution < 1.29 is 4.48 Å². The van der Waals surface area contributed by atoms with E-state index in [2.05, 4.69) is 31.4 Å². The second kappa shape index (κ2) is 5.18. The third-order valence-corrected chi connectivity index (χ3v) is 2.60. The highest BCUT2D eigenvalue weighted by molar-refractivity contribution is 5.50. The summed E-state index contributed by atoms with van der Waals surface area (Å²) in [6.07, 6.45) is 11.4. The molecular formula is C11H21N2+. The monoisotopic (exact) mass is 181 g/mol. The molecule has 0 unspecified atom stereocenters. The second-order valence-corrected chi connectivity index (χ2v) is 3.82. The molecule has 0 aromatic carbocycles. The summed E-state index contributed by atoms with van der Waals surface area (Å²) in [7, 11) is 0. The molecule has 0 radical (unpaired) electrons. The Hall–Kier alpha value is -0.630. The normalized spacial score (nSPS) is 18.3. The van der Waals surface area contributed by atoms with Crippen LogP contribution in [0.3, 0.4) is 0 Å². The Morgan fingerprint density at radius 3 is 2.08 bits per heavy atom. The van der Waals surface area contributed by atoms with E-state index in [1.165, 1.54) is 38.8 Å². The summed E-state index contributed by atoms with van der Waals surface area (Å²) < 4.78 is 0.988. The lowest BCUT2D eigenvalue weighted by Crippen LogP contribution is -2.41. The van der Waals surface area contributed by atoms with Gasteiger partial charge in [0.2, 0.25) is 0 Å². The summed E-state index contributed by atoms with van der Waals surface area (Å²) in [5, 5.41) is 0. The zero-order valence-electron chi connectivity index (χ0n) is 8.87. The molecule has 1 aliphatic heterocycles. The van der Waals surface area contributed by atoms with Crippen LogP contribution in [0.5, 0.6) is 0 Å². The van der Waals surface area contributed by atoms with Gasteiger partial charge in [0.1, 0.15) is 6.20 Å². The Labute approximate surface area is 81.6 Å². The summed E-state index contributed by atoms with van der Waals surface area (Å²) in [5.41, 5.74) is 0. The van der Waals surface area contributed by atoms with E-state index in [0.29, 0.717) is 0 Å². The van der Waals surface area contributed by atoms with Crippen LogP contribution in [0.25, 0.3) is 0 Å². The van der Waals surface area contributed by atoms with Gasteiger partial charge in [0.05, 0.1) is 19.3 Å². The van der Waals surface area contributed by atoms with Crippen molar-refractivity contribution in [3.05, 3.63) is 12.4 Å². The summed E-state index contributed by atoms with van der Waals surface area (Å²) >= 11 is 0. The molecule has 0 atom stereocenters. The van der Waals surface area contributed by atoms with Crippen LogP contribution < -0.4 is 0 Å². The average molecular weight is 181 g/mol. The molecule has 1 aliphatic rings. The molecule has 0 aromatic heterocycles. The molecule has 1 rings (SSSR count). The van der Waals surface area contributed by atoms with Gasteiger partial charge in [-0.3, -0.25) is 4.48 Å². The average Bonchev–Trinajstić information content (AvgIpc) is 2.61. The minimum absolute atomic E-state index is 0.988. The highest BCUT2D eigenvalue weighted by Crippen LogP contribution is 2.14. The van der Waals surface area contributed by atoms with Gasteiger partial charge in [0, 0.05) is 0 Å². The first kappa shape index (κ1) is 10.5. The number of hydrogen-bond acceptors (Lipinski definition) is 1. The van der Waals surface area contributed by atoms with E-state index in [4.69, 9.17) is 0 Å². The van der Waals surface area contributed by atoms with Gasteiger partial charge in [-0.15, -0.1) is 0 Å². The number of hydrogen-bond donors (Lipinski definition) is 0. The third-order valence-electron chi connectivity index (χ3n) is 2.60. The first-order valence-electron chi connectivity index (χ1n) is 5.41. The van der Waals surface area contributed by atoms with Gasteiger partial charge in [0.25, 0.3) is 0 Å². The van der Waals surface area contributed by atoms with Crippen LogP contribution in [0, 0.1) is 0 Å². The number of nitrogens with zero attached hydrogens (tertiary/aromatic N) is 2. The summed E-state index contributed by atoms with van der Waals surface area (Å²) in [4.78, 5) is 4.21. The van der Waals surface area contributed by atoms with E-state index >= 15 is 0 Å². The van der Waals surface area contributed by atoms with Gasteiger partial charge in [-0.2, -0.15) is 0 Å². The summed E-state index contributed by atoms with van der Waals surface area (Å²) in [5.74, 6) is 0. The third kappa shape index (κ3) is 2.96. The fourth-order valence-electron chi connectivity index (χ4n) is 1.66. The molecule has 0 spiro atoms. The maximum atomic E-state index is 4.21. The quantitative estimate of drug-likeness (QED) is 0.559. The predicted octanol–water partition coefficient (Wildman–Crippen LogP) is 2.92. The minimum atomic E-state index is 0.988. The minimum Gasteiger partial charge on any atom is -0.254 e. The summed E-state index contributed by atoms with van der Waals surface area (Å²) in [6.45, 7) is 6.92. The molecule has 1 heterocycles. The Bertz CT molecular complexity index is 172. The van der Waals surface area contributed by atoms with Crippen LogP contribution in [0.15, 0.2) is 17.4 Å². The topological polar surface area (TPSA) is 12.4 Å². The van der Waals surface area contributed by atoms with E-state index in [-0.39, 0.29) is 0 Å². The largest absolute Gasteiger partial charge is 0.254 e. The van der Waals surface area contributed by atoms with Gasteiger partial charge in [-0.25, -0.2) is 4.99 Å². The van der Waals surface area contributed by atoms with Crippen LogP contribution in [-0.2, 0) is 0 Å². The van der Waals surface area contributed by atoms with Crippen molar-refractivity contribution in [2.75, 3.05) is 13.1 Å².